The van der Waals surface area contributed by atoms with E-state index < -0.39 is 17.5 Å². The van der Waals surface area contributed by atoms with E-state index in [0.29, 0.717) is 18.8 Å². The first-order valence-electron chi connectivity index (χ1n) is 5.31. The van der Waals surface area contributed by atoms with E-state index in [4.69, 9.17) is 10.00 Å². The predicted octanol–water partition coefficient (Wildman–Crippen LogP) is 1.24. The molecule has 0 aromatic carbocycles. The SMILES string of the molecule is CCOC(=O)C(O)C1(C#N)CCC(C)C1. The second kappa shape index (κ2) is 4.63. The molecule has 4 heteroatoms. The summed E-state index contributed by atoms with van der Waals surface area (Å²) < 4.78 is 4.74. The lowest BCUT2D eigenvalue weighted by atomic mass is 9.81. The second-order valence-corrected chi connectivity index (χ2v) is 4.27. The highest BCUT2D eigenvalue weighted by atomic mass is 16.5. The molecule has 0 saturated heterocycles. The van der Waals surface area contributed by atoms with Crippen LogP contribution in [-0.2, 0) is 9.53 Å². The molecule has 1 aliphatic rings. The van der Waals surface area contributed by atoms with Crippen LogP contribution in [0.2, 0.25) is 0 Å². The highest BCUT2D eigenvalue weighted by Gasteiger charge is 2.47. The maximum Gasteiger partial charge on any atom is 0.336 e. The molecule has 0 spiro atoms. The summed E-state index contributed by atoms with van der Waals surface area (Å²) in [4.78, 5) is 11.4. The molecule has 0 aliphatic heterocycles. The maximum absolute atomic E-state index is 11.4. The first-order valence-corrected chi connectivity index (χ1v) is 5.31. The third-order valence-corrected chi connectivity index (χ3v) is 3.05. The monoisotopic (exact) mass is 211 g/mol. The van der Waals surface area contributed by atoms with Gasteiger partial charge in [0.2, 0.25) is 0 Å². The van der Waals surface area contributed by atoms with Crippen LogP contribution in [0.15, 0.2) is 0 Å². The fraction of sp³-hybridized carbons (Fsp3) is 0.818. The standard InChI is InChI=1S/C11H17NO3/c1-3-15-10(14)9(13)11(7-12)5-4-8(2)6-11/h8-9,13H,3-6H2,1-2H3. The Kier molecular flexibility index (Phi) is 3.70. The van der Waals surface area contributed by atoms with Crippen molar-refractivity contribution in [3.05, 3.63) is 0 Å². The lowest BCUT2D eigenvalue weighted by molar-refractivity contribution is -0.158. The molecular weight excluding hydrogens is 194 g/mol. The third-order valence-electron chi connectivity index (χ3n) is 3.05. The summed E-state index contributed by atoms with van der Waals surface area (Å²) >= 11 is 0. The number of rotatable bonds is 3. The number of aliphatic hydroxyl groups is 1. The molecule has 0 heterocycles. The lowest BCUT2D eigenvalue weighted by Crippen LogP contribution is -2.39. The average Bonchev–Trinajstić information content (AvgIpc) is 2.60. The van der Waals surface area contributed by atoms with Gasteiger partial charge in [-0.05, 0) is 32.1 Å². The molecule has 84 valence electrons. The molecular formula is C11H17NO3. The van der Waals surface area contributed by atoms with Crippen LogP contribution in [-0.4, -0.2) is 23.8 Å². The zero-order valence-corrected chi connectivity index (χ0v) is 9.19. The molecule has 0 bridgehead atoms. The van der Waals surface area contributed by atoms with E-state index in [9.17, 15) is 9.90 Å². The van der Waals surface area contributed by atoms with E-state index >= 15 is 0 Å². The van der Waals surface area contributed by atoms with Crippen LogP contribution in [0, 0.1) is 22.7 Å². The van der Waals surface area contributed by atoms with E-state index in [2.05, 4.69) is 6.07 Å². The van der Waals surface area contributed by atoms with Crippen molar-refractivity contribution in [2.24, 2.45) is 11.3 Å². The molecule has 1 N–H and O–H groups in total. The van der Waals surface area contributed by atoms with Gasteiger partial charge in [0.05, 0.1) is 18.1 Å². The third kappa shape index (κ3) is 2.29. The Bertz CT molecular complexity index is 284. The van der Waals surface area contributed by atoms with Gasteiger partial charge in [0.1, 0.15) is 0 Å². The average molecular weight is 211 g/mol. The van der Waals surface area contributed by atoms with Gasteiger partial charge in [-0.1, -0.05) is 6.92 Å². The molecule has 1 rings (SSSR count). The van der Waals surface area contributed by atoms with Crippen molar-refractivity contribution in [3.8, 4) is 6.07 Å². The van der Waals surface area contributed by atoms with Gasteiger partial charge in [0, 0.05) is 0 Å². The summed E-state index contributed by atoms with van der Waals surface area (Å²) in [5.41, 5.74) is -0.925. The number of hydrogen-bond acceptors (Lipinski definition) is 4. The molecule has 0 aromatic heterocycles. The summed E-state index contributed by atoms with van der Waals surface area (Å²) in [6, 6.07) is 2.10. The fourth-order valence-corrected chi connectivity index (χ4v) is 2.19. The Morgan fingerprint density at radius 2 is 2.47 bits per heavy atom. The van der Waals surface area contributed by atoms with Crippen LogP contribution >= 0.6 is 0 Å². The zero-order valence-electron chi connectivity index (χ0n) is 9.19. The van der Waals surface area contributed by atoms with Crippen LogP contribution in [0.1, 0.15) is 33.1 Å². The summed E-state index contributed by atoms with van der Waals surface area (Å²) in [7, 11) is 0. The minimum absolute atomic E-state index is 0.229. The van der Waals surface area contributed by atoms with Crippen molar-refractivity contribution in [1.82, 2.24) is 0 Å². The van der Waals surface area contributed by atoms with Crippen molar-refractivity contribution in [2.45, 2.75) is 39.2 Å². The molecule has 1 fully saturated rings. The van der Waals surface area contributed by atoms with E-state index in [1.807, 2.05) is 6.92 Å². The minimum Gasteiger partial charge on any atom is -0.464 e. The topological polar surface area (TPSA) is 70.3 Å². The van der Waals surface area contributed by atoms with E-state index in [1.165, 1.54) is 0 Å². The molecule has 4 nitrogen and oxygen atoms in total. The van der Waals surface area contributed by atoms with Gasteiger partial charge in [0.25, 0.3) is 0 Å². The Balaban J connectivity index is 2.75. The van der Waals surface area contributed by atoms with Gasteiger partial charge in [-0.25, -0.2) is 4.79 Å². The van der Waals surface area contributed by atoms with Crippen molar-refractivity contribution in [2.75, 3.05) is 6.61 Å². The molecule has 15 heavy (non-hydrogen) atoms. The quantitative estimate of drug-likeness (QED) is 0.713. The molecule has 0 radical (unpaired) electrons. The van der Waals surface area contributed by atoms with Crippen LogP contribution in [0.25, 0.3) is 0 Å². The van der Waals surface area contributed by atoms with Gasteiger partial charge in [-0.3, -0.25) is 0 Å². The van der Waals surface area contributed by atoms with Gasteiger partial charge >= 0.3 is 5.97 Å². The molecule has 0 amide bonds. The minimum atomic E-state index is -1.30. The first kappa shape index (κ1) is 12.0. The van der Waals surface area contributed by atoms with Gasteiger partial charge in [0.15, 0.2) is 6.10 Å². The predicted molar refractivity (Wildman–Crippen MR) is 53.7 cm³/mol. The summed E-state index contributed by atoms with van der Waals surface area (Å²) in [5.74, 6) is -0.290. The number of ether oxygens (including phenoxy) is 1. The number of nitriles is 1. The number of hydrogen-bond donors (Lipinski definition) is 1. The van der Waals surface area contributed by atoms with E-state index in [-0.39, 0.29) is 6.61 Å². The first-order chi connectivity index (χ1) is 7.05. The van der Waals surface area contributed by atoms with Crippen LogP contribution in [0.3, 0.4) is 0 Å². The molecule has 3 atom stereocenters. The lowest BCUT2D eigenvalue weighted by Gasteiger charge is -2.25. The fourth-order valence-electron chi connectivity index (χ4n) is 2.19. The van der Waals surface area contributed by atoms with E-state index in [0.717, 1.165) is 6.42 Å². The van der Waals surface area contributed by atoms with Gasteiger partial charge < -0.3 is 9.84 Å². The normalized spacial score (nSPS) is 32.0. The largest absolute Gasteiger partial charge is 0.464 e. The van der Waals surface area contributed by atoms with Gasteiger partial charge in [-0.15, -0.1) is 0 Å². The van der Waals surface area contributed by atoms with Crippen molar-refractivity contribution < 1.29 is 14.6 Å². The zero-order chi connectivity index (χ0) is 11.5. The summed E-state index contributed by atoms with van der Waals surface area (Å²) in [6.07, 6.45) is 0.727. The molecule has 3 unspecified atom stereocenters. The number of esters is 1. The Hall–Kier alpha value is -1.08. The Morgan fingerprint density at radius 3 is 2.87 bits per heavy atom. The Morgan fingerprint density at radius 1 is 1.80 bits per heavy atom. The molecule has 0 aromatic rings. The number of carbonyl (C=O) groups is 1. The molecule has 1 saturated carbocycles. The smallest absolute Gasteiger partial charge is 0.336 e. The highest BCUT2D eigenvalue weighted by Crippen LogP contribution is 2.44. The van der Waals surface area contributed by atoms with Crippen molar-refractivity contribution >= 4 is 5.97 Å². The van der Waals surface area contributed by atoms with Crippen LogP contribution < -0.4 is 0 Å². The van der Waals surface area contributed by atoms with Crippen LogP contribution in [0.4, 0.5) is 0 Å². The Labute approximate surface area is 89.8 Å². The summed E-state index contributed by atoms with van der Waals surface area (Å²) in [6.45, 7) is 3.94. The van der Waals surface area contributed by atoms with Gasteiger partial charge in [-0.2, -0.15) is 5.26 Å². The summed E-state index contributed by atoms with van der Waals surface area (Å²) in [5, 5.41) is 18.9. The number of nitrogens with zero attached hydrogens (tertiary/aromatic N) is 1. The number of aliphatic hydroxyl groups excluding tert-OH is 1. The van der Waals surface area contributed by atoms with E-state index in [1.54, 1.807) is 6.92 Å². The number of carbonyl (C=O) groups excluding carboxylic acids is 1. The van der Waals surface area contributed by atoms with Crippen LogP contribution in [0.5, 0.6) is 0 Å². The maximum atomic E-state index is 11.4. The molecule has 1 aliphatic carbocycles. The highest BCUT2D eigenvalue weighted by molar-refractivity contribution is 5.76. The van der Waals surface area contributed by atoms with Crippen molar-refractivity contribution in [3.63, 3.8) is 0 Å². The second-order valence-electron chi connectivity index (χ2n) is 4.27. The van der Waals surface area contributed by atoms with Crippen molar-refractivity contribution in [1.29, 1.82) is 5.26 Å².